The zero-order chi connectivity index (χ0) is 18.6. The summed E-state index contributed by atoms with van der Waals surface area (Å²) >= 11 is 0. The van der Waals surface area contributed by atoms with E-state index >= 15 is 0 Å². The van der Waals surface area contributed by atoms with E-state index in [4.69, 9.17) is 9.29 Å². The first-order valence-electron chi connectivity index (χ1n) is 7.22. The van der Waals surface area contributed by atoms with Crippen molar-refractivity contribution in [3.63, 3.8) is 0 Å². The summed E-state index contributed by atoms with van der Waals surface area (Å²) in [6.07, 6.45) is -0.198. The van der Waals surface area contributed by atoms with Crippen molar-refractivity contribution in [1.29, 1.82) is 0 Å². The zero-order valence-corrected chi connectivity index (χ0v) is 14.1. The minimum atomic E-state index is -4.04. The number of aromatic carboxylic acids is 1. The molecule has 0 aliphatic heterocycles. The highest BCUT2D eigenvalue weighted by molar-refractivity contribution is 7.86. The topological polar surface area (TPSA) is 118 Å². The largest absolute Gasteiger partial charge is 0.507 e. The number of carboxylic acids is 1. The highest BCUT2D eigenvalue weighted by atomic mass is 32.2. The van der Waals surface area contributed by atoms with Crippen molar-refractivity contribution in [1.82, 2.24) is 0 Å². The number of aryl methyl sites for hydroxylation is 1. The van der Waals surface area contributed by atoms with Crippen molar-refractivity contribution < 1.29 is 32.4 Å². The van der Waals surface area contributed by atoms with E-state index in [0.717, 1.165) is 11.6 Å². The van der Waals surface area contributed by atoms with E-state index in [2.05, 4.69) is 0 Å². The van der Waals surface area contributed by atoms with Crippen LogP contribution in [0.1, 0.15) is 21.5 Å². The summed E-state index contributed by atoms with van der Waals surface area (Å²) in [5.41, 5.74) is 0.956. The van der Waals surface area contributed by atoms with Crippen LogP contribution in [0.2, 0.25) is 0 Å². The number of Topliss-reactive ketones (excluding diaryl/α,β-unsaturated/α-hetero) is 1. The van der Waals surface area contributed by atoms with E-state index in [1.807, 2.05) is 6.92 Å². The summed E-state index contributed by atoms with van der Waals surface area (Å²) in [4.78, 5) is 22.7. The fraction of sp³-hybridized carbons (Fsp3) is 0.176. The second-order valence-corrected chi connectivity index (χ2v) is 7.02. The van der Waals surface area contributed by atoms with Crippen molar-refractivity contribution in [2.45, 2.75) is 18.2 Å². The van der Waals surface area contributed by atoms with Crippen molar-refractivity contribution in [2.75, 3.05) is 6.61 Å². The van der Waals surface area contributed by atoms with Gasteiger partial charge in [0.2, 0.25) is 0 Å². The third-order valence-electron chi connectivity index (χ3n) is 3.38. The molecule has 0 heterocycles. The molecule has 0 amide bonds. The van der Waals surface area contributed by atoms with Crippen molar-refractivity contribution in [3.05, 3.63) is 59.2 Å². The Hall–Kier alpha value is -2.71. The van der Waals surface area contributed by atoms with Crippen LogP contribution >= 0.6 is 0 Å². The van der Waals surface area contributed by atoms with Gasteiger partial charge in [0.1, 0.15) is 17.9 Å². The lowest BCUT2D eigenvalue weighted by Crippen LogP contribution is -2.16. The zero-order valence-electron chi connectivity index (χ0n) is 13.3. The van der Waals surface area contributed by atoms with Gasteiger partial charge in [0.15, 0.2) is 5.78 Å². The van der Waals surface area contributed by atoms with E-state index in [9.17, 15) is 23.1 Å². The standard InChI is InChI=1S/C17H16O7S/c1-11-2-5-14(6-3-11)25(22,23)24-10-13(18)8-12-4-7-15(17(20)21)16(19)9-12/h2-7,9,19H,8,10H2,1H3,(H,20,21). The van der Waals surface area contributed by atoms with Crippen molar-refractivity contribution >= 4 is 21.9 Å². The minimum Gasteiger partial charge on any atom is -0.507 e. The smallest absolute Gasteiger partial charge is 0.339 e. The fourth-order valence-electron chi connectivity index (χ4n) is 2.06. The van der Waals surface area contributed by atoms with Gasteiger partial charge in [-0.1, -0.05) is 23.8 Å². The molecule has 132 valence electrons. The van der Waals surface area contributed by atoms with Crippen LogP contribution in [0.25, 0.3) is 0 Å². The maximum atomic E-state index is 12.0. The summed E-state index contributed by atoms with van der Waals surface area (Å²) in [6.45, 7) is 1.16. The molecule has 2 rings (SSSR count). The van der Waals surface area contributed by atoms with Crippen LogP contribution in [0, 0.1) is 6.92 Å². The van der Waals surface area contributed by atoms with Crippen LogP contribution in [0.5, 0.6) is 5.75 Å². The van der Waals surface area contributed by atoms with Crippen molar-refractivity contribution in [2.24, 2.45) is 0 Å². The maximum absolute atomic E-state index is 12.0. The molecule has 2 aromatic rings. The summed E-state index contributed by atoms with van der Waals surface area (Å²) in [6, 6.07) is 9.70. The SMILES string of the molecule is Cc1ccc(S(=O)(=O)OCC(=O)Cc2ccc(C(=O)O)c(O)c2)cc1. The van der Waals surface area contributed by atoms with Crippen molar-refractivity contribution in [3.8, 4) is 5.75 Å². The molecule has 0 spiro atoms. The number of phenols is 1. The second kappa shape index (κ2) is 7.45. The van der Waals surface area contributed by atoms with Gasteiger partial charge in [-0.3, -0.25) is 8.98 Å². The lowest BCUT2D eigenvalue weighted by atomic mass is 10.1. The van der Waals surface area contributed by atoms with E-state index in [1.165, 1.54) is 24.3 Å². The molecule has 0 saturated heterocycles. The van der Waals surface area contributed by atoms with Crippen LogP contribution in [0.15, 0.2) is 47.4 Å². The molecule has 0 aliphatic carbocycles. The molecule has 0 aromatic heterocycles. The summed E-state index contributed by atoms with van der Waals surface area (Å²) in [5, 5.41) is 18.4. The van der Waals surface area contributed by atoms with Crippen LogP contribution in [0.3, 0.4) is 0 Å². The molecular weight excluding hydrogens is 348 g/mol. The third-order valence-corrected chi connectivity index (χ3v) is 4.66. The number of rotatable bonds is 7. The first-order valence-corrected chi connectivity index (χ1v) is 8.63. The quantitative estimate of drug-likeness (QED) is 0.721. The fourth-order valence-corrected chi connectivity index (χ4v) is 2.96. The van der Waals surface area contributed by atoms with Crippen LogP contribution in [-0.2, 0) is 25.5 Å². The third kappa shape index (κ3) is 4.88. The first-order chi connectivity index (χ1) is 11.7. The Morgan fingerprint density at radius 2 is 1.72 bits per heavy atom. The van der Waals surface area contributed by atoms with Gasteiger partial charge in [0, 0.05) is 6.42 Å². The van der Waals surface area contributed by atoms with Crippen LogP contribution in [-0.4, -0.2) is 37.0 Å². The lowest BCUT2D eigenvalue weighted by molar-refractivity contribution is -0.120. The molecule has 0 atom stereocenters. The van der Waals surface area contributed by atoms with Gasteiger partial charge in [-0.2, -0.15) is 8.42 Å². The predicted octanol–water partition coefficient (Wildman–Crippen LogP) is 1.92. The Balaban J connectivity index is 2.00. The molecule has 0 unspecified atom stereocenters. The van der Waals surface area contributed by atoms with Gasteiger partial charge in [0.05, 0.1) is 4.90 Å². The molecule has 2 aromatic carbocycles. The highest BCUT2D eigenvalue weighted by Gasteiger charge is 2.18. The molecule has 0 aliphatic rings. The molecule has 25 heavy (non-hydrogen) atoms. The van der Waals surface area contributed by atoms with Crippen LogP contribution in [0.4, 0.5) is 0 Å². The molecule has 8 heteroatoms. The van der Waals surface area contributed by atoms with Gasteiger partial charge in [-0.15, -0.1) is 0 Å². The lowest BCUT2D eigenvalue weighted by Gasteiger charge is -2.07. The number of benzene rings is 2. The molecule has 2 N–H and O–H groups in total. The van der Waals surface area contributed by atoms with Gasteiger partial charge in [-0.25, -0.2) is 4.79 Å². The molecule has 7 nitrogen and oxygen atoms in total. The average Bonchev–Trinajstić information content (AvgIpc) is 2.53. The van der Waals surface area contributed by atoms with E-state index in [-0.39, 0.29) is 16.9 Å². The van der Waals surface area contributed by atoms with E-state index < -0.39 is 34.2 Å². The maximum Gasteiger partial charge on any atom is 0.339 e. The number of carboxylic acid groups (broad SMARTS) is 1. The number of hydrogen-bond acceptors (Lipinski definition) is 6. The molecule has 0 saturated carbocycles. The molecule has 0 radical (unpaired) electrons. The summed E-state index contributed by atoms with van der Waals surface area (Å²) in [7, 11) is -4.04. The Morgan fingerprint density at radius 1 is 1.08 bits per heavy atom. The average molecular weight is 364 g/mol. The molecule has 0 fully saturated rings. The Labute approximate surface area is 144 Å². The highest BCUT2D eigenvalue weighted by Crippen LogP contribution is 2.19. The van der Waals surface area contributed by atoms with Gasteiger partial charge < -0.3 is 10.2 Å². The summed E-state index contributed by atoms with van der Waals surface area (Å²) < 4.78 is 28.7. The number of carbonyl (C=O) groups excluding carboxylic acids is 1. The van der Waals surface area contributed by atoms with Gasteiger partial charge >= 0.3 is 5.97 Å². The monoisotopic (exact) mass is 364 g/mol. The summed E-state index contributed by atoms with van der Waals surface area (Å²) in [5.74, 6) is -2.29. The molecular formula is C17H16O7S. The number of ketones is 1. The Kier molecular flexibility index (Phi) is 5.55. The number of hydrogen-bond donors (Lipinski definition) is 2. The van der Waals surface area contributed by atoms with E-state index in [0.29, 0.717) is 5.56 Å². The van der Waals surface area contributed by atoms with Gasteiger partial charge in [-0.05, 0) is 36.8 Å². The Morgan fingerprint density at radius 3 is 2.28 bits per heavy atom. The van der Waals surface area contributed by atoms with E-state index in [1.54, 1.807) is 12.1 Å². The second-order valence-electron chi connectivity index (χ2n) is 5.40. The minimum absolute atomic E-state index is 0.0469. The first kappa shape index (κ1) is 18.6. The number of aromatic hydroxyl groups is 1. The molecule has 0 bridgehead atoms. The Bertz CT molecular complexity index is 899. The number of carbonyl (C=O) groups is 2. The normalized spacial score (nSPS) is 11.2. The van der Waals surface area contributed by atoms with Gasteiger partial charge in [0.25, 0.3) is 10.1 Å². The predicted molar refractivity (Wildman–Crippen MR) is 88.1 cm³/mol. The van der Waals surface area contributed by atoms with Crippen LogP contribution < -0.4 is 0 Å².